The standard InChI is InChI=1S/C5H4Br2N2/c6-3-4-5(7)9-2-1-8-4/h1-2H,3H2. The lowest BCUT2D eigenvalue weighted by Crippen LogP contribution is -1.87. The molecule has 48 valence electrons. The number of aromatic nitrogens is 2. The number of halogens is 2. The molecule has 0 atom stereocenters. The first-order valence-electron chi connectivity index (χ1n) is 2.36. The molecule has 0 unspecified atom stereocenters. The molecule has 2 nitrogen and oxygen atoms in total. The van der Waals surface area contributed by atoms with Crippen LogP contribution in [-0.4, -0.2) is 9.97 Å². The van der Waals surface area contributed by atoms with Gasteiger partial charge in [0.15, 0.2) is 0 Å². The zero-order chi connectivity index (χ0) is 6.69. The molecule has 0 saturated heterocycles. The van der Waals surface area contributed by atoms with Crippen molar-refractivity contribution in [1.82, 2.24) is 9.97 Å². The van der Waals surface area contributed by atoms with Crippen LogP contribution in [0.5, 0.6) is 0 Å². The average molecular weight is 252 g/mol. The predicted molar refractivity (Wildman–Crippen MR) is 42.4 cm³/mol. The second kappa shape index (κ2) is 3.27. The highest BCUT2D eigenvalue weighted by Gasteiger charge is 1.96. The van der Waals surface area contributed by atoms with Crippen LogP contribution in [0, 0.1) is 0 Å². The maximum absolute atomic E-state index is 4.04. The maximum Gasteiger partial charge on any atom is 0.128 e. The monoisotopic (exact) mass is 250 g/mol. The molecule has 0 saturated carbocycles. The fourth-order valence-corrected chi connectivity index (χ4v) is 1.59. The Morgan fingerprint density at radius 3 is 2.44 bits per heavy atom. The molecule has 0 amide bonds. The number of hydrogen-bond acceptors (Lipinski definition) is 2. The first kappa shape index (κ1) is 7.15. The lowest BCUT2D eigenvalue weighted by molar-refractivity contribution is 1.07. The van der Waals surface area contributed by atoms with E-state index in [1.807, 2.05) is 0 Å². The van der Waals surface area contributed by atoms with Crippen molar-refractivity contribution < 1.29 is 0 Å². The van der Waals surface area contributed by atoms with Gasteiger partial charge in [0.05, 0.1) is 5.69 Å². The minimum absolute atomic E-state index is 0.738. The number of hydrogen-bond donors (Lipinski definition) is 0. The molecule has 4 heteroatoms. The van der Waals surface area contributed by atoms with E-state index < -0.39 is 0 Å². The van der Waals surface area contributed by atoms with Crippen molar-refractivity contribution >= 4 is 31.9 Å². The Hall–Kier alpha value is 0.0400. The van der Waals surface area contributed by atoms with Crippen LogP contribution in [0.3, 0.4) is 0 Å². The van der Waals surface area contributed by atoms with E-state index in [0.717, 1.165) is 15.6 Å². The van der Waals surface area contributed by atoms with Gasteiger partial charge in [-0.15, -0.1) is 0 Å². The van der Waals surface area contributed by atoms with Crippen LogP contribution in [0.1, 0.15) is 5.69 Å². The fourth-order valence-electron chi connectivity index (χ4n) is 0.439. The highest BCUT2D eigenvalue weighted by molar-refractivity contribution is 9.10. The van der Waals surface area contributed by atoms with Crippen LogP contribution in [-0.2, 0) is 5.33 Å². The maximum atomic E-state index is 4.04. The Morgan fingerprint density at radius 2 is 2.00 bits per heavy atom. The zero-order valence-electron chi connectivity index (χ0n) is 4.51. The summed E-state index contributed by atoms with van der Waals surface area (Å²) < 4.78 is 0.807. The van der Waals surface area contributed by atoms with Gasteiger partial charge in [-0.05, 0) is 15.9 Å². The Balaban J connectivity index is 3.01. The van der Waals surface area contributed by atoms with E-state index in [1.165, 1.54) is 0 Å². The van der Waals surface area contributed by atoms with E-state index in [0.29, 0.717) is 0 Å². The van der Waals surface area contributed by atoms with Gasteiger partial charge in [-0.1, -0.05) is 15.9 Å². The smallest absolute Gasteiger partial charge is 0.128 e. The highest BCUT2D eigenvalue weighted by Crippen LogP contribution is 2.11. The van der Waals surface area contributed by atoms with E-state index in [1.54, 1.807) is 12.4 Å². The van der Waals surface area contributed by atoms with Crippen molar-refractivity contribution in [3.05, 3.63) is 22.7 Å². The molecule has 0 spiro atoms. The van der Waals surface area contributed by atoms with E-state index in [-0.39, 0.29) is 0 Å². The van der Waals surface area contributed by atoms with Crippen molar-refractivity contribution in [3.63, 3.8) is 0 Å². The van der Waals surface area contributed by atoms with Gasteiger partial charge in [-0.2, -0.15) is 0 Å². The summed E-state index contributed by atoms with van der Waals surface area (Å²) in [5, 5.41) is 0.738. The third-order valence-electron chi connectivity index (χ3n) is 0.850. The second-order valence-electron chi connectivity index (χ2n) is 1.43. The van der Waals surface area contributed by atoms with E-state index in [9.17, 15) is 0 Å². The third-order valence-corrected chi connectivity index (χ3v) is 2.04. The van der Waals surface area contributed by atoms with Crippen LogP contribution in [0.25, 0.3) is 0 Å². The third kappa shape index (κ3) is 1.72. The lowest BCUT2D eigenvalue weighted by Gasteiger charge is -1.93. The molecule has 0 N–H and O–H groups in total. The zero-order valence-corrected chi connectivity index (χ0v) is 7.68. The second-order valence-corrected chi connectivity index (χ2v) is 2.74. The van der Waals surface area contributed by atoms with Gasteiger partial charge in [0.25, 0.3) is 0 Å². The van der Waals surface area contributed by atoms with Gasteiger partial charge in [0, 0.05) is 17.7 Å². The molecule has 0 fully saturated rings. The minimum atomic E-state index is 0.738. The van der Waals surface area contributed by atoms with Crippen molar-refractivity contribution in [2.24, 2.45) is 0 Å². The van der Waals surface area contributed by atoms with E-state index >= 15 is 0 Å². The summed E-state index contributed by atoms with van der Waals surface area (Å²) in [4.78, 5) is 8.01. The van der Waals surface area contributed by atoms with Crippen LogP contribution < -0.4 is 0 Å². The summed E-state index contributed by atoms with van der Waals surface area (Å²) >= 11 is 6.53. The van der Waals surface area contributed by atoms with E-state index in [2.05, 4.69) is 41.8 Å². The van der Waals surface area contributed by atoms with Crippen LogP contribution in [0.15, 0.2) is 17.0 Å². The molecule has 0 radical (unpaired) electrons. The summed E-state index contributed by atoms with van der Waals surface area (Å²) in [6.45, 7) is 0. The Morgan fingerprint density at radius 1 is 1.33 bits per heavy atom. The average Bonchev–Trinajstić information content (AvgIpc) is 1.89. The lowest BCUT2D eigenvalue weighted by atomic mass is 10.5. The van der Waals surface area contributed by atoms with Crippen LogP contribution in [0.4, 0.5) is 0 Å². The SMILES string of the molecule is BrCc1nccnc1Br. The van der Waals surface area contributed by atoms with E-state index in [4.69, 9.17) is 0 Å². The fraction of sp³-hybridized carbons (Fsp3) is 0.200. The number of rotatable bonds is 1. The quantitative estimate of drug-likeness (QED) is 0.715. The van der Waals surface area contributed by atoms with Crippen molar-refractivity contribution in [3.8, 4) is 0 Å². The molecule has 0 aliphatic carbocycles. The number of nitrogens with zero attached hydrogens (tertiary/aromatic N) is 2. The van der Waals surface area contributed by atoms with Gasteiger partial charge in [-0.3, -0.25) is 4.98 Å². The van der Waals surface area contributed by atoms with Gasteiger partial charge < -0.3 is 0 Å². The largest absolute Gasteiger partial charge is 0.256 e. The van der Waals surface area contributed by atoms with Crippen LogP contribution >= 0.6 is 31.9 Å². The molecular formula is C5H4Br2N2. The molecule has 9 heavy (non-hydrogen) atoms. The van der Waals surface area contributed by atoms with Gasteiger partial charge >= 0.3 is 0 Å². The van der Waals surface area contributed by atoms with Crippen molar-refractivity contribution in [2.45, 2.75) is 5.33 Å². The van der Waals surface area contributed by atoms with Crippen LogP contribution in [0.2, 0.25) is 0 Å². The Kier molecular flexibility index (Phi) is 2.60. The van der Waals surface area contributed by atoms with Gasteiger partial charge in [0.1, 0.15) is 4.60 Å². The molecule has 0 aliphatic rings. The van der Waals surface area contributed by atoms with Gasteiger partial charge in [-0.25, -0.2) is 4.98 Å². The molecule has 0 bridgehead atoms. The molecule has 0 aromatic carbocycles. The molecule has 1 aromatic rings. The Bertz CT molecular complexity index is 202. The first-order valence-corrected chi connectivity index (χ1v) is 4.27. The summed E-state index contributed by atoms with van der Waals surface area (Å²) in [7, 11) is 0. The summed E-state index contributed by atoms with van der Waals surface area (Å²) in [5.41, 5.74) is 0.928. The number of alkyl halides is 1. The first-order chi connectivity index (χ1) is 4.34. The molecule has 0 aliphatic heterocycles. The summed E-state index contributed by atoms with van der Waals surface area (Å²) in [6.07, 6.45) is 3.32. The normalized spacial score (nSPS) is 9.56. The van der Waals surface area contributed by atoms with Crippen molar-refractivity contribution in [2.75, 3.05) is 0 Å². The molecule has 1 rings (SSSR count). The minimum Gasteiger partial charge on any atom is -0.256 e. The summed E-state index contributed by atoms with van der Waals surface area (Å²) in [5.74, 6) is 0. The van der Waals surface area contributed by atoms with Crippen molar-refractivity contribution in [1.29, 1.82) is 0 Å². The molecule has 1 heterocycles. The van der Waals surface area contributed by atoms with Gasteiger partial charge in [0.2, 0.25) is 0 Å². The predicted octanol–water partition coefficient (Wildman–Crippen LogP) is 2.13. The topological polar surface area (TPSA) is 25.8 Å². The molecule has 1 aromatic heterocycles. The Labute approximate surface area is 70.0 Å². The highest BCUT2D eigenvalue weighted by atomic mass is 79.9. The summed E-state index contributed by atoms with van der Waals surface area (Å²) in [6, 6.07) is 0. The molecular weight excluding hydrogens is 248 g/mol.